The van der Waals surface area contributed by atoms with Crippen molar-refractivity contribution in [3.63, 3.8) is 0 Å². The van der Waals surface area contributed by atoms with Crippen LogP contribution in [0.1, 0.15) is 77.6 Å². The highest BCUT2D eigenvalue weighted by Gasteiger charge is 2.54. The summed E-state index contributed by atoms with van der Waals surface area (Å²) in [5.74, 6) is 1.16. The third-order valence-electron chi connectivity index (χ3n) is 4.66. The van der Waals surface area contributed by atoms with Crippen LogP contribution in [0.2, 0.25) is 0 Å². The van der Waals surface area contributed by atoms with Gasteiger partial charge in [-0.15, -0.1) is 0 Å². The van der Waals surface area contributed by atoms with Gasteiger partial charge in [0.25, 0.3) is 0 Å². The Labute approximate surface area is 89.5 Å². The number of rotatable bonds is 7. The monoisotopic (exact) mass is 194 g/mol. The average Bonchev–Trinajstić information content (AvgIpc) is 2.96. The van der Waals surface area contributed by atoms with Crippen molar-refractivity contribution >= 4 is 0 Å². The van der Waals surface area contributed by atoms with E-state index in [1.165, 1.54) is 38.5 Å². The zero-order valence-corrected chi connectivity index (χ0v) is 9.86. The van der Waals surface area contributed by atoms with Gasteiger partial charge in [-0.1, -0.05) is 45.4 Å². The van der Waals surface area contributed by atoms with Crippen LogP contribution < -0.4 is 0 Å². The van der Waals surface area contributed by atoms with Crippen LogP contribution in [0.3, 0.4) is 0 Å². The van der Waals surface area contributed by atoms with Crippen molar-refractivity contribution in [2.75, 3.05) is 0 Å². The molecule has 1 atom stereocenters. The van der Waals surface area contributed by atoms with E-state index in [4.69, 9.17) is 0 Å². The molecule has 1 unspecified atom stereocenters. The van der Waals surface area contributed by atoms with Gasteiger partial charge in [-0.3, -0.25) is 0 Å². The molecule has 0 aromatic heterocycles. The fourth-order valence-electron chi connectivity index (χ4n) is 3.20. The molecule has 0 heterocycles. The molecule has 2 aliphatic rings. The summed E-state index contributed by atoms with van der Waals surface area (Å²) in [7, 11) is 0. The Morgan fingerprint density at radius 1 is 0.929 bits per heavy atom. The van der Waals surface area contributed by atoms with E-state index in [0.717, 1.165) is 11.3 Å². The summed E-state index contributed by atoms with van der Waals surface area (Å²) in [6, 6.07) is 0. The van der Waals surface area contributed by atoms with Crippen molar-refractivity contribution < 1.29 is 0 Å². The third kappa shape index (κ3) is 2.32. The minimum atomic E-state index is 0.934. The lowest BCUT2D eigenvalue weighted by atomic mass is 9.68. The second-order valence-corrected chi connectivity index (χ2v) is 5.65. The van der Waals surface area contributed by atoms with Crippen LogP contribution >= 0.6 is 0 Å². The first-order chi connectivity index (χ1) is 6.87. The topological polar surface area (TPSA) is 0 Å². The molecule has 2 rings (SSSR count). The van der Waals surface area contributed by atoms with Gasteiger partial charge in [-0.25, -0.2) is 0 Å². The smallest absolute Gasteiger partial charge is 0.0269 e. The van der Waals surface area contributed by atoms with E-state index in [1.54, 1.807) is 32.1 Å². The molecular weight excluding hydrogens is 168 g/mol. The van der Waals surface area contributed by atoms with Gasteiger partial charge in [0.15, 0.2) is 0 Å². The van der Waals surface area contributed by atoms with Gasteiger partial charge in [0.05, 0.1) is 0 Å². The van der Waals surface area contributed by atoms with Crippen LogP contribution in [0.5, 0.6) is 0 Å². The quantitative estimate of drug-likeness (QED) is 0.504. The minimum absolute atomic E-state index is 0.934. The summed E-state index contributed by atoms with van der Waals surface area (Å²) in [6.07, 6.45) is 16.7. The van der Waals surface area contributed by atoms with Gasteiger partial charge in [-0.05, 0) is 43.4 Å². The van der Waals surface area contributed by atoms with Gasteiger partial charge in [-0.2, -0.15) is 0 Å². The van der Waals surface area contributed by atoms with E-state index < -0.39 is 0 Å². The molecule has 2 fully saturated rings. The van der Waals surface area contributed by atoms with E-state index in [2.05, 4.69) is 6.92 Å². The highest BCUT2D eigenvalue weighted by atomic mass is 14.6. The molecule has 0 amide bonds. The largest absolute Gasteiger partial charge is 0.0654 e. The maximum Gasteiger partial charge on any atom is -0.0269 e. The lowest BCUT2D eigenvalue weighted by Crippen LogP contribution is -2.27. The molecule has 0 nitrogen and oxygen atoms in total. The van der Waals surface area contributed by atoms with Crippen molar-refractivity contribution in [1.82, 2.24) is 0 Å². The second kappa shape index (κ2) is 4.68. The van der Waals surface area contributed by atoms with Gasteiger partial charge in [0.2, 0.25) is 0 Å². The Morgan fingerprint density at radius 3 is 2.21 bits per heavy atom. The summed E-state index contributed by atoms with van der Waals surface area (Å²) in [4.78, 5) is 0. The molecule has 0 aromatic rings. The molecule has 0 aromatic carbocycles. The lowest BCUT2D eigenvalue weighted by Gasteiger charge is -2.37. The SMILES string of the molecule is CCCCCCCCC1CCC12CC2. The fraction of sp³-hybridized carbons (Fsp3) is 1.00. The normalized spacial score (nSPS) is 27.6. The fourth-order valence-corrected chi connectivity index (χ4v) is 3.20. The van der Waals surface area contributed by atoms with Gasteiger partial charge < -0.3 is 0 Å². The number of unbranched alkanes of at least 4 members (excludes halogenated alkanes) is 5. The molecule has 0 saturated heterocycles. The van der Waals surface area contributed by atoms with Crippen molar-refractivity contribution in [1.29, 1.82) is 0 Å². The highest BCUT2D eigenvalue weighted by molar-refractivity contribution is 5.05. The van der Waals surface area contributed by atoms with Crippen LogP contribution in [-0.4, -0.2) is 0 Å². The van der Waals surface area contributed by atoms with Gasteiger partial charge in [0, 0.05) is 0 Å². The Hall–Kier alpha value is 0. The van der Waals surface area contributed by atoms with Crippen molar-refractivity contribution in [3.8, 4) is 0 Å². The molecular formula is C14H26. The van der Waals surface area contributed by atoms with Crippen molar-refractivity contribution in [2.24, 2.45) is 11.3 Å². The van der Waals surface area contributed by atoms with E-state index in [1.807, 2.05) is 0 Å². The van der Waals surface area contributed by atoms with Gasteiger partial charge in [0.1, 0.15) is 0 Å². The van der Waals surface area contributed by atoms with E-state index in [0.29, 0.717) is 0 Å². The van der Waals surface area contributed by atoms with Crippen molar-refractivity contribution in [3.05, 3.63) is 0 Å². The number of hydrogen-bond acceptors (Lipinski definition) is 0. The summed E-state index contributed by atoms with van der Waals surface area (Å²) in [5, 5.41) is 0. The Bertz CT molecular complexity index is 167. The summed E-state index contributed by atoms with van der Waals surface area (Å²) in [6.45, 7) is 2.30. The summed E-state index contributed by atoms with van der Waals surface area (Å²) in [5.41, 5.74) is 0.934. The molecule has 0 heteroatoms. The molecule has 0 bridgehead atoms. The zero-order valence-electron chi connectivity index (χ0n) is 9.86. The second-order valence-electron chi connectivity index (χ2n) is 5.65. The molecule has 2 aliphatic carbocycles. The first kappa shape index (κ1) is 10.5. The van der Waals surface area contributed by atoms with E-state index in [9.17, 15) is 0 Å². The molecule has 82 valence electrons. The zero-order chi connectivity index (χ0) is 9.86. The minimum Gasteiger partial charge on any atom is -0.0654 e. The lowest BCUT2D eigenvalue weighted by molar-refractivity contribution is 0.134. The third-order valence-corrected chi connectivity index (χ3v) is 4.66. The van der Waals surface area contributed by atoms with Gasteiger partial charge >= 0.3 is 0 Å². The number of hydrogen-bond donors (Lipinski definition) is 0. The molecule has 0 aliphatic heterocycles. The molecule has 0 radical (unpaired) electrons. The molecule has 1 spiro atoms. The maximum atomic E-state index is 2.30. The molecule has 2 saturated carbocycles. The first-order valence-corrected chi connectivity index (χ1v) is 6.87. The Balaban J connectivity index is 1.44. The van der Waals surface area contributed by atoms with E-state index in [-0.39, 0.29) is 0 Å². The molecule has 0 N–H and O–H groups in total. The predicted molar refractivity (Wildman–Crippen MR) is 62.4 cm³/mol. The highest BCUT2D eigenvalue weighted by Crippen LogP contribution is 2.65. The van der Waals surface area contributed by atoms with Crippen molar-refractivity contribution in [2.45, 2.75) is 77.6 Å². The standard InChI is InChI=1S/C14H26/c1-2-3-4-5-6-7-8-13-9-10-14(13)11-12-14/h13H,2-12H2,1H3. The van der Waals surface area contributed by atoms with Crippen LogP contribution in [-0.2, 0) is 0 Å². The summed E-state index contributed by atoms with van der Waals surface area (Å²) < 4.78 is 0. The predicted octanol–water partition coefficient (Wildman–Crippen LogP) is 4.93. The van der Waals surface area contributed by atoms with E-state index >= 15 is 0 Å². The Morgan fingerprint density at radius 2 is 1.64 bits per heavy atom. The first-order valence-electron chi connectivity index (χ1n) is 6.87. The average molecular weight is 194 g/mol. The Kier molecular flexibility index (Phi) is 3.52. The molecule has 14 heavy (non-hydrogen) atoms. The van der Waals surface area contributed by atoms with Crippen LogP contribution in [0.25, 0.3) is 0 Å². The van der Waals surface area contributed by atoms with Crippen LogP contribution in [0, 0.1) is 11.3 Å². The summed E-state index contributed by atoms with van der Waals surface area (Å²) >= 11 is 0. The van der Waals surface area contributed by atoms with Crippen LogP contribution in [0.15, 0.2) is 0 Å². The maximum absolute atomic E-state index is 2.30. The van der Waals surface area contributed by atoms with Crippen LogP contribution in [0.4, 0.5) is 0 Å².